The molecule has 1 aromatic heterocycles. The molecule has 2 nitrogen and oxygen atoms in total. The Kier molecular flexibility index (Phi) is 4.46. The van der Waals surface area contributed by atoms with Crippen LogP contribution in [0.1, 0.15) is 37.4 Å². The van der Waals surface area contributed by atoms with E-state index in [4.69, 9.17) is 5.73 Å². The molecule has 1 heterocycles. The second-order valence-corrected chi connectivity index (χ2v) is 5.59. The Bertz CT molecular complexity index is 634. The maximum atomic E-state index is 5.78. The van der Waals surface area contributed by atoms with Crippen LogP contribution in [-0.4, -0.2) is 11.5 Å². The smallest absolute Gasteiger partial charge is 0.0459 e. The van der Waals surface area contributed by atoms with Gasteiger partial charge in [0, 0.05) is 22.5 Å². The highest BCUT2D eigenvalue weighted by Gasteiger charge is 2.16. The van der Waals surface area contributed by atoms with E-state index >= 15 is 0 Å². The van der Waals surface area contributed by atoms with E-state index in [0.717, 1.165) is 24.0 Å². The van der Waals surface area contributed by atoms with Gasteiger partial charge in [0.25, 0.3) is 0 Å². The number of hydrogen-bond donors (Lipinski definition) is 2. The van der Waals surface area contributed by atoms with Crippen LogP contribution >= 0.6 is 0 Å². The van der Waals surface area contributed by atoms with Crippen molar-refractivity contribution in [3.8, 4) is 0 Å². The Morgan fingerprint density at radius 3 is 2.65 bits per heavy atom. The van der Waals surface area contributed by atoms with Crippen molar-refractivity contribution in [2.45, 2.75) is 32.6 Å². The van der Waals surface area contributed by atoms with Gasteiger partial charge in [-0.15, -0.1) is 0 Å². The number of allylic oxidation sites excluding steroid dienone is 2. The predicted octanol–water partition coefficient (Wildman–Crippen LogP) is 4.30. The molecule has 0 aliphatic carbocycles. The first-order chi connectivity index (χ1) is 9.54. The summed E-state index contributed by atoms with van der Waals surface area (Å²) in [5.41, 5.74) is 11.8. The lowest BCUT2D eigenvalue weighted by Crippen LogP contribution is -2.06. The normalized spacial score (nSPS) is 12.6. The van der Waals surface area contributed by atoms with Gasteiger partial charge >= 0.3 is 0 Å². The minimum Gasteiger partial charge on any atom is -0.358 e. The van der Waals surface area contributed by atoms with Gasteiger partial charge in [-0.1, -0.05) is 49.4 Å². The number of aromatic amines is 1. The molecule has 0 aliphatic heterocycles. The average molecular weight is 268 g/mol. The van der Waals surface area contributed by atoms with Crippen molar-refractivity contribution in [3.63, 3.8) is 0 Å². The zero-order chi connectivity index (χ0) is 14.7. The topological polar surface area (TPSA) is 41.8 Å². The van der Waals surface area contributed by atoms with Crippen LogP contribution in [-0.2, 0) is 6.42 Å². The van der Waals surface area contributed by atoms with Crippen LogP contribution < -0.4 is 5.73 Å². The van der Waals surface area contributed by atoms with E-state index in [0.29, 0.717) is 12.5 Å². The summed E-state index contributed by atoms with van der Waals surface area (Å²) in [5, 5.41) is 1.29. The summed E-state index contributed by atoms with van der Waals surface area (Å²) in [5.74, 6) is 0.396. The first-order valence-corrected chi connectivity index (χ1v) is 7.17. The lowest BCUT2D eigenvalue weighted by atomic mass is 9.92. The molecular weight excluding hydrogens is 244 g/mol. The summed E-state index contributed by atoms with van der Waals surface area (Å²) < 4.78 is 0. The highest BCUT2D eigenvalue weighted by Crippen LogP contribution is 2.32. The number of rotatable bonds is 6. The standard InChI is InChI=1S/C18H24N2/c1-12(2)13(3)11-14(4)18-16(9-10-19)15-7-5-6-8-17(15)20-18/h5-8,14,20H,1,3,9-11,19H2,2,4H3. The number of hydrogen-bond acceptors (Lipinski definition) is 1. The van der Waals surface area contributed by atoms with E-state index in [2.05, 4.69) is 49.3 Å². The summed E-state index contributed by atoms with van der Waals surface area (Å²) in [6.07, 6.45) is 1.84. The molecular formula is C18H24N2. The van der Waals surface area contributed by atoms with Crippen molar-refractivity contribution in [3.05, 3.63) is 59.8 Å². The third-order valence-corrected chi connectivity index (χ3v) is 3.89. The molecule has 2 heteroatoms. The number of nitrogens with one attached hydrogen (secondary N) is 1. The lowest BCUT2D eigenvalue weighted by Gasteiger charge is -2.14. The second-order valence-electron chi connectivity index (χ2n) is 5.59. The van der Waals surface area contributed by atoms with Gasteiger partial charge in [0.1, 0.15) is 0 Å². The van der Waals surface area contributed by atoms with Gasteiger partial charge in [-0.05, 0) is 37.9 Å². The largest absolute Gasteiger partial charge is 0.358 e. The molecule has 106 valence electrons. The van der Waals surface area contributed by atoms with Gasteiger partial charge in [0.2, 0.25) is 0 Å². The number of aromatic nitrogens is 1. The van der Waals surface area contributed by atoms with Gasteiger partial charge in [-0.3, -0.25) is 0 Å². The quantitative estimate of drug-likeness (QED) is 0.754. The van der Waals surface area contributed by atoms with Crippen molar-refractivity contribution < 1.29 is 0 Å². The minimum atomic E-state index is 0.396. The van der Waals surface area contributed by atoms with Crippen LogP contribution in [0.5, 0.6) is 0 Å². The summed E-state index contributed by atoms with van der Waals surface area (Å²) in [7, 11) is 0. The molecule has 0 saturated carbocycles. The average Bonchev–Trinajstić information content (AvgIpc) is 2.78. The second kappa shape index (κ2) is 6.10. The van der Waals surface area contributed by atoms with Crippen LogP contribution in [0.15, 0.2) is 48.6 Å². The fourth-order valence-electron chi connectivity index (χ4n) is 2.70. The van der Waals surface area contributed by atoms with E-state index in [-0.39, 0.29) is 0 Å². The Morgan fingerprint density at radius 2 is 2.00 bits per heavy atom. The van der Waals surface area contributed by atoms with Crippen molar-refractivity contribution in [2.24, 2.45) is 5.73 Å². The monoisotopic (exact) mass is 268 g/mol. The number of para-hydroxylation sites is 1. The van der Waals surface area contributed by atoms with Crippen molar-refractivity contribution in [2.75, 3.05) is 6.54 Å². The summed E-state index contributed by atoms with van der Waals surface area (Å²) in [6.45, 7) is 13.0. The Morgan fingerprint density at radius 1 is 1.30 bits per heavy atom. The Hall–Kier alpha value is -1.80. The highest BCUT2D eigenvalue weighted by molar-refractivity contribution is 5.84. The third-order valence-electron chi connectivity index (χ3n) is 3.89. The van der Waals surface area contributed by atoms with Crippen LogP contribution in [0.4, 0.5) is 0 Å². The third kappa shape index (κ3) is 2.86. The molecule has 0 fully saturated rings. The van der Waals surface area contributed by atoms with Crippen molar-refractivity contribution in [1.29, 1.82) is 0 Å². The molecule has 20 heavy (non-hydrogen) atoms. The molecule has 0 radical (unpaired) electrons. The molecule has 1 unspecified atom stereocenters. The van der Waals surface area contributed by atoms with Crippen LogP contribution in [0.2, 0.25) is 0 Å². The zero-order valence-electron chi connectivity index (χ0n) is 12.5. The SMILES string of the molecule is C=C(C)C(=C)CC(C)c1[nH]c2ccccc2c1CCN. The van der Waals surface area contributed by atoms with Gasteiger partial charge < -0.3 is 10.7 Å². The first kappa shape index (κ1) is 14.6. The molecule has 3 N–H and O–H groups in total. The van der Waals surface area contributed by atoms with Crippen molar-refractivity contribution in [1.82, 2.24) is 4.98 Å². The number of H-pyrrole nitrogens is 1. The zero-order valence-corrected chi connectivity index (χ0v) is 12.5. The van der Waals surface area contributed by atoms with Crippen LogP contribution in [0.25, 0.3) is 10.9 Å². The highest BCUT2D eigenvalue weighted by atomic mass is 14.7. The van der Waals surface area contributed by atoms with E-state index in [1.165, 1.54) is 22.2 Å². The van der Waals surface area contributed by atoms with E-state index in [1.807, 2.05) is 6.92 Å². The minimum absolute atomic E-state index is 0.396. The molecule has 2 aromatic rings. The maximum Gasteiger partial charge on any atom is 0.0459 e. The van der Waals surface area contributed by atoms with Gasteiger partial charge in [0.05, 0.1) is 0 Å². The predicted molar refractivity (Wildman–Crippen MR) is 88.0 cm³/mol. The van der Waals surface area contributed by atoms with Gasteiger partial charge in [-0.25, -0.2) is 0 Å². The summed E-state index contributed by atoms with van der Waals surface area (Å²) in [4.78, 5) is 3.57. The van der Waals surface area contributed by atoms with Crippen molar-refractivity contribution >= 4 is 10.9 Å². The lowest BCUT2D eigenvalue weighted by molar-refractivity contribution is 0.724. The molecule has 0 amide bonds. The maximum absolute atomic E-state index is 5.78. The number of nitrogens with two attached hydrogens (primary N) is 1. The fraction of sp³-hybridized carbons (Fsp3) is 0.333. The molecule has 0 saturated heterocycles. The van der Waals surface area contributed by atoms with Gasteiger partial charge in [0.15, 0.2) is 0 Å². The number of benzene rings is 1. The Labute approximate surface area is 121 Å². The molecule has 2 rings (SSSR count). The fourth-order valence-corrected chi connectivity index (χ4v) is 2.70. The van der Waals surface area contributed by atoms with E-state index in [9.17, 15) is 0 Å². The van der Waals surface area contributed by atoms with E-state index < -0.39 is 0 Å². The summed E-state index contributed by atoms with van der Waals surface area (Å²) >= 11 is 0. The molecule has 1 atom stereocenters. The molecule has 0 bridgehead atoms. The summed E-state index contributed by atoms with van der Waals surface area (Å²) in [6, 6.07) is 8.43. The van der Waals surface area contributed by atoms with Crippen LogP contribution in [0, 0.1) is 0 Å². The Balaban J connectivity index is 2.39. The number of fused-ring (bicyclic) bond motifs is 1. The molecule has 0 aliphatic rings. The van der Waals surface area contributed by atoms with E-state index in [1.54, 1.807) is 0 Å². The van der Waals surface area contributed by atoms with Gasteiger partial charge in [-0.2, -0.15) is 0 Å². The molecule has 0 spiro atoms. The molecule has 1 aromatic carbocycles. The van der Waals surface area contributed by atoms with Crippen LogP contribution in [0.3, 0.4) is 0 Å². The first-order valence-electron chi connectivity index (χ1n) is 7.17.